The molecule has 9 nitrogen and oxygen atoms in total. The number of aromatic nitrogens is 4. The summed E-state index contributed by atoms with van der Waals surface area (Å²) in [5.74, 6) is 1.02. The van der Waals surface area contributed by atoms with Crippen molar-refractivity contribution in [2.75, 3.05) is 28.6 Å². The standard InChI is InChI=1S/C18H26N8O/c1-10(2)26-9-23-15-16(21-8-12-5-4-6-13(19)14(12)20)24-18(25-17(15)26)22-7-11(3)27/h4-6,9-11,27H,7-8,19-20H2,1-3H3,(H2,21,22,24,25). The van der Waals surface area contributed by atoms with Crippen LogP contribution >= 0.6 is 0 Å². The van der Waals surface area contributed by atoms with Crippen molar-refractivity contribution >= 4 is 34.3 Å². The Labute approximate surface area is 157 Å². The monoisotopic (exact) mass is 370 g/mol. The lowest BCUT2D eigenvalue weighted by Gasteiger charge is -2.13. The van der Waals surface area contributed by atoms with E-state index in [2.05, 4.69) is 39.4 Å². The van der Waals surface area contributed by atoms with Crippen LogP contribution in [-0.4, -0.2) is 37.3 Å². The molecule has 0 saturated heterocycles. The van der Waals surface area contributed by atoms with Crippen molar-refractivity contribution in [3.05, 3.63) is 30.1 Å². The molecule has 0 saturated carbocycles. The van der Waals surface area contributed by atoms with Gasteiger partial charge in [0.25, 0.3) is 0 Å². The Kier molecular flexibility index (Phi) is 5.31. The third-order valence-corrected chi connectivity index (χ3v) is 4.21. The fourth-order valence-electron chi connectivity index (χ4n) is 2.70. The van der Waals surface area contributed by atoms with Gasteiger partial charge in [-0.05, 0) is 32.4 Å². The zero-order chi connectivity index (χ0) is 19.6. The van der Waals surface area contributed by atoms with E-state index >= 15 is 0 Å². The Morgan fingerprint density at radius 1 is 1.15 bits per heavy atom. The molecule has 0 fully saturated rings. The van der Waals surface area contributed by atoms with Crippen LogP contribution in [0, 0.1) is 0 Å². The van der Waals surface area contributed by atoms with E-state index in [0.717, 1.165) is 11.2 Å². The number of nitrogens with zero attached hydrogens (tertiary/aromatic N) is 4. The Bertz CT molecular complexity index is 935. The average Bonchev–Trinajstić information content (AvgIpc) is 3.05. The predicted octanol–water partition coefficient (Wildman–Crippen LogP) is 1.98. The van der Waals surface area contributed by atoms with Crippen LogP contribution in [0.1, 0.15) is 32.4 Å². The smallest absolute Gasteiger partial charge is 0.226 e. The Balaban J connectivity index is 1.95. The van der Waals surface area contributed by atoms with Gasteiger partial charge in [0.05, 0.1) is 23.8 Å². The van der Waals surface area contributed by atoms with E-state index in [1.54, 1.807) is 19.3 Å². The highest BCUT2D eigenvalue weighted by Gasteiger charge is 2.15. The van der Waals surface area contributed by atoms with Gasteiger partial charge in [0.2, 0.25) is 5.95 Å². The molecule has 2 aromatic heterocycles. The van der Waals surface area contributed by atoms with Gasteiger partial charge in [0, 0.05) is 19.1 Å². The summed E-state index contributed by atoms with van der Waals surface area (Å²) in [5, 5.41) is 15.9. The molecule has 0 spiro atoms. The van der Waals surface area contributed by atoms with Crippen LogP contribution in [0.15, 0.2) is 24.5 Å². The lowest BCUT2D eigenvalue weighted by atomic mass is 10.1. The molecule has 0 aliphatic heterocycles. The number of hydrogen-bond donors (Lipinski definition) is 5. The molecule has 0 aliphatic rings. The number of nitrogens with one attached hydrogen (secondary N) is 2. The van der Waals surface area contributed by atoms with Crippen LogP contribution < -0.4 is 22.1 Å². The number of para-hydroxylation sites is 1. The highest BCUT2D eigenvalue weighted by Crippen LogP contribution is 2.25. The van der Waals surface area contributed by atoms with Gasteiger partial charge in [-0.25, -0.2) is 4.98 Å². The number of rotatable bonds is 7. The number of aliphatic hydroxyl groups excluding tert-OH is 1. The second kappa shape index (κ2) is 7.67. The molecular weight excluding hydrogens is 344 g/mol. The highest BCUT2D eigenvalue weighted by atomic mass is 16.3. The van der Waals surface area contributed by atoms with Gasteiger partial charge in [-0.1, -0.05) is 12.1 Å². The van der Waals surface area contributed by atoms with Crippen LogP contribution in [-0.2, 0) is 6.54 Å². The van der Waals surface area contributed by atoms with Gasteiger partial charge in [0.1, 0.15) is 0 Å². The molecule has 1 atom stereocenters. The molecule has 1 aromatic carbocycles. The Morgan fingerprint density at radius 3 is 2.63 bits per heavy atom. The van der Waals surface area contributed by atoms with Crippen LogP contribution in [0.2, 0.25) is 0 Å². The van der Waals surface area contributed by atoms with Gasteiger partial charge < -0.3 is 31.8 Å². The second-order valence-electron chi connectivity index (χ2n) is 6.82. The number of nitrogen functional groups attached to an aromatic ring is 2. The predicted molar refractivity (Wildman–Crippen MR) is 108 cm³/mol. The zero-order valence-corrected chi connectivity index (χ0v) is 15.8. The Hall–Kier alpha value is -3.07. The number of nitrogens with two attached hydrogens (primary N) is 2. The molecule has 2 heterocycles. The van der Waals surface area contributed by atoms with Gasteiger partial charge in [-0.3, -0.25) is 0 Å². The summed E-state index contributed by atoms with van der Waals surface area (Å²) < 4.78 is 1.98. The fourth-order valence-corrected chi connectivity index (χ4v) is 2.70. The maximum Gasteiger partial charge on any atom is 0.226 e. The molecule has 0 aliphatic carbocycles. The Morgan fingerprint density at radius 2 is 1.93 bits per heavy atom. The van der Waals surface area contributed by atoms with Crippen molar-refractivity contribution in [3.8, 4) is 0 Å². The van der Waals surface area contributed by atoms with Crippen LogP contribution in [0.4, 0.5) is 23.1 Å². The lowest BCUT2D eigenvalue weighted by Crippen LogP contribution is -2.18. The summed E-state index contributed by atoms with van der Waals surface area (Å²) in [6.45, 7) is 6.63. The number of aliphatic hydroxyl groups is 1. The first-order chi connectivity index (χ1) is 12.9. The van der Waals surface area contributed by atoms with E-state index in [1.165, 1.54) is 0 Å². The van der Waals surface area contributed by atoms with Gasteiger partial charge in [-0.2, -0.15) is 9.97 Å². The summed E-state index contributed by atoms with van der Waals surface area (Å²) >= 11 is 0. The molecule has 0 bridgehead atoms. The van der Waals surface area contributed by atoms with Gasteiger partial charge in [-0.15, -0.1) is 0 Å². The van der Waals surface area contributed by atoms with Gasteiger partial charge >= 0.3 is 0 Å². The molecule has 3 aromatic rings. The quantitative estimate of drug-likeness (QED) is 0.398. The first kappa shape index (κ1) is 18.7. The minimum absolute atomic E-state index is 0.201. The molecule has 3 rings (SSSR count). The first-order valence-corrected chi connectivity index (χ1v) is 8.90. The van der Waals surface area contributed by atoms with E-state index in [9.17, 15) is 5.11 Å². The fraction of sp³-hybridized carbons (Fsp3) is 0.389. The molecule has 1 unspecified atom stereocenters. The largest absolute Gasteiger partial charge is 0.397 e. The van der Waals surface area contributed by atoms with Crippen molar-refractivity contribution in [2.24, 2.45) is 0 Å². The maximum absolute atomic E-state index is 9.53. The van der Waals surface area contributed by atoms with E-state index in [-0.39, 0.29) is 6.04 Å². The summed E-state index contributed by atoms with van der Waals surface area (Å²) in [5.41, 5.74) is 15.3. The number of imidazole rings is 1. The average molecular weight is 370 g/mol. The third-order valence-electron chi connectivity index (χ3n) is 4.21. The minimum atomic E-state index is -0.511. The van der Waals surface area contributed by atoms with E-state index < -0.39 is 6.10 Å². The molecule has 144 valence electrons. The topological polar surface area (TPSA) is 140 Å². The SMILES string of the molecule is CC(O)CNc1nc(NCc2cccc(N)c2N)c2ncn(C(C)C)c2n1. The van der Waals surface area contributed by atoms with Gasteiger partial charge in [0.15, 0.2) is 17.0 Å². The molecule has 7 N–H and O–H groups in total. The maximum atomic E-state index is 9.53. The first-order valence-electron chi connectivity index (χ1n) is 8.90. The highest BCUT2D eigenvalue weighted by molar-refractivity contribution is 5.84. The lowest BCUT2D eigenvalue weighted by molar-refractivity contribution is 0.208. The normalized spacial score (nSPS) is 12.5. The molecule has 0 radical (unpaired) electrons. The molecule has 9 heteroatoms. The van der Waals surface area contributed by atoms with Crippen molar-refractivity contribution < 1.29 is 5.11 Å². The van der Waals surface area contributed by atoms with Crippen molar-refractivity contribution in [1.82, 2.24) is 19.5 Å². The van der Waals surface area contributed by atoms with E-state index in [1.807, 2.05) is 16.7 Å². The zero-order valence-electron chi connectivity index (χ0n) is 15.8. The van der Waals surface area contributed by atoms with Crippen LogP contribution in [0.3, 0.4) is 0 Å². The third kappa shape index (κ3) is 4.03. The van der Waals surface area contributed by atoms with E-state index in [4.69, 9.17) is 11.5 Å². The van der Waals surface area contributed by atoms with Crippen molar-refractivity contribution in [1.29, 1.82) is 0 Å². The van der Waals surface area contributed by atoms with Crippen molar-refractivity contribution in [2.45, 2.75) is 39.5 Å². The minimum Gasteiger partial charge on any atom is -0.397 e. The number of hydrogen-bond acceptors (Lipinski definition) is 8. The number of benzene rings is 1. The number of anilines is 4. The second-order valence-corrected chi connectivity index (χ2v) is 6.82. The molecular formula is C18H26N8O. The van der Waals surface area contributed by atoms with Crippen LogP contribution in [0.25, 0.3) is 11.2 Å². The summed E-state index contributed by atoms with van der Waals surface area (Å²) in [7, 11) is 0. The summed E-state index contributed by atoms with van der Waals surface area (Å²) in [6, 6.07) is 5.74. The summed E-state index contributed by atoms with van der Waals surface area (Å²) in [6.07, 6.45) is 1.24. The van der Waals surface area contributed by atoms with Crippen molar-refractivity contribution in [3.63, 3.8) is 0 Å². The number of fused-ring (bicyclic) bond motifs is 1. The molecule has 0 amide bonds. The van der Waals surface area contributed by atoms with E-state index in [0.29, 0.717) is 41.7 Å². The van der Waals surface area contributed by atoms with Crippen LogP contribution in [0.5, 0.6) is 0 Å². The molecule has 27 heavy (non-hydrogen) atoms. The summed E-state index contributed by atoms with van der Waals surface area (Å²) in [4.78, 5) is 13.5.